The molecule has 0 saturated heterocycles. The van der Waals surface area contributed by atoms with Gasteiger partial charge in [0.15, 0.2) is 0 Å². The van der Waals surface area contributed by atoms with Crippen LogP contribution in [-0.2, 0) is 16.6 Å². The lowest BCUT2D eigenvalue weighted by molar-refractivity contribution is 0.282. The molecule has 0 fully saturated rings. The number of anilines is 2. The molecule has 2 aromatic rings. The molecule has 5 nitrogen and oxygen atoms in total. The summed E-state index contributed by atoms with van der Waals surface area (Å²) in [6.45, 7) is 1.68. The predicted octanol–water partition coefficient (Wildman–Crippen LogP) is 1.87. The standard InChI is InChI=1S/C14H16N2O3S/c1-10-8-13(6-7-14(10)15)20(18,19)16-12-4-2-11(9-17)3-5-12/h2-8,16-17H,9,15H2,1H3. The summed E-state index contributed by atoms with van der Waals surface area (Å²) in [5.74, 6) is 0. The number of nitrogens with two attached hydrogens (primary N) is 1. The monoisotopic (exact) mass is 292 g/mol. The number of nitrogen functional groups attached to an aromatic ring is 1. The highest BCUT2D eigenvalue weighted by molar-refractivity contribution is 7.92. The Morgan fingerprint density at radius 1 is 1.15 bits per heavy atom. The van der Waals surface area contributed by atoms with Crippen molar-refractivity contribution in [2.24, 2.45) is 0 Å². The Balaban J connectivity index is 2.27. The van der Waals surface area contributed by atoms with Crippen molar-refractivity contribution in [3.63, 3.8) is 0 Å². The maximum atomic E-state index is 12.2. The number of hydrogen-bond acceptors (Lipinski definition) is 4. The van der Waals surface area contributed by atoms with E-state index in [4.69, 9.17) is 10.8 Å². The van der Waals surface area contributed by atoms with Gasteiger partial charge < -0.3 is 10.8 Å². The molecule has 0 saturated carbocycles. The minimum absolute atomic E-state index is 0.0792. The van der Waals surface area contributed by atoms with Crippen LogP contribution in [0.15, 0.2) is 47.4 Å². The van der Waals surface area contributed by atoms with Crippen LogP contribution in [0.2, 0.25) is 0 Å². The van der Waals surface area contributed by atoms with E-state index in [0.717, 1.165) is 5.56 Å². The van der Waals surface area contributed by atoms with Crippen LogP contribution in [0.1, 0.15) is 11.1 Å². The molecular weight excluding hydrogens is 276 g/mol. The third kappa shape index (κ3) is 3.09. The molecule has 0 spiro atoms. The Hall–Kier alpha value is -2.05. The number of sulfonamides is 1. The first kappa shape index (κ1) is 14.4. The molecule has 0 aliphatic carbocycles. The summed E-state index contributed by atoms with van der Waals surface area (Å²) in [6, 6.07) is 11.1. The van der Waals surface area contributed by atoms with Gasteiger partial charge in [0.25, 0.3) is 10.0 Å². The van der Waals surface area contributed by atoms with Crippen molar-refractivity contribution in [1.82, 2.24) is 0 Å². The quantitative estimate of drug-likeness (QED) is 0.750. The molecule has 0 unspecified atom stereocenters. The second-order valence-corrected chi connectivity index (χ2v) is 6.16. The van der Waals surface area contributed by atoms with E-state index < -0.39 is 10.0 Å². The van der Waals surface area contributed by atoms with Crippen LogP contribution in [0.5, 0.6) is 0 Å². The van der Waals surface area contributed by atoms with Crippen LogP contribution < -0.4 is 10.5 Å². The lowest BCUT2D eigenvalue weighted by Gasteiger charge is -2.10. The van der Waals surface area contributed by atoms with Crippen LogP contribution in [-0.4, -0.2) is 13.5 Å². The molecule has 0 aliphatic rings. The van der Waals surface area contributed by atoms with Crippen LogP contribution >= 0.6 is 0 Å². The summed E-state index contributed by atoms with van der Waals surface area (Å²) in [5.41, 5.74) is 8.10. The molecular formula is C14H16N2O3S. The van der Waals surface area contributed by atoms with Crippen molar-refractivity contribution >= 4 is 21.4 Å². The maximum absolute atomic E-state index is 12.2. The Bertz CT molecular complexity index is 710. The fourth-order valence-electron chi connectivity index (χ4n) is 1.71. The van der Waals surface area contributed by atoms with Gasteiger partial charge in [-0.2, -0.15) is 0 Å². The first-order chi connectivity index (χ1) is 9.42. The lowest BCUT2D eigenvalue weighted by Crippen LogP contribution is -2.13. The molecule has 6 heteroatoms. The maximum Gasteiger partial charge on any atom is 0.261 e. The van der Waals surface area contributed by atoms with E-state index >= 15 is 0 Å². The van der Waals surface area contributed by atoms with Gasteiger partial charge in [-0.3, -0.25) is 4.72 Å². The van der Waals surface area contributed by atoms with E-state index in [1.165, 1.54) is 12.1 Å². The second kappa shape index (κ2) is 5.52. The molecule has 4 N–H and O–H groups in total. The molecule has 0 atom stereocenters. The number of aliphatic hydroxyl groups is 1. The first-order valence-electron chi connectivity index (χ1n) is 6.01. The number of rotatable bonds is 4. The minimum atomic E-state index is -3.64. The first-order valence-corrected chi connectivity index (χ1v) is 7.49. The summed E-state index contributed by atoms with van der Waals surface area (Å²) >= 11 is 0. The Morgan fingerprint density at radius 3 is 2.35 bits per heavy atom. The van der Waals surface area contributed by atoms with Gasteiger partial charge in [0.05, 0.1) is 11.5 Å². The van der Waals surface area contributed by atoms with Crippen molar-refractivity contribution in [2.75, 3.05) is 10.5 Å². The predicted molar refractivity (Wildman–Crippen MR) is 78.8 cm³/mol. The Labute approximate surface area is 118 Å². The molecule has 0 heterocycles. The molecule has 0 aromatic heterocycles. The van der Waals surface area contributed by atoms with Crippen molar-refractivity contribution in [2.45, 2.75) is 18.4 Å². The molecule has 20 heavy (non-hydrogen) atoms. The van der Waals surface area contributed by atoms with Gasteiger partial charge in [-0.05, 0) is 48.4 Å². The van der Waals surface area contributed by atoms with Crippen LogP contribution in [0.4, 0.5) is 11.4 Å². The highest BCUT2D eigenvalue weighted by atomic mass is 32.2. The zero-order chi connectivity index (χ0) is 14.8. The van der Waals surface area contributed by atoms with E-state index in [0.29, 0.717) is 16.9 Å². The van der Waals surface area contributed by atoms with Gasteiger partial charge in [-0.1, -0.05) is 12.1 Å². The zero-order valence-electron chi connectivity index (χ0n) is 11.0. The second-order valence-electron chi connectivity index (χ2n) is 4.48. The Morgan fingerprint density at radius 2 is 1.80 bits per heavy atom. The highest BCUT2D eigenvalue weighted by Gasteiger charge is 2.14. The Kier molecular flexibility index (Phi) is 3.96. The smallest absolute Gasteiger partial charge is 0.261 e. The number of aryl methyl sites for hydroxylation is 1. The molecule has 0 aliphatic heterocycles. The molecule has 0 radical (unpaired) electrons. The summed E-state index contributed by atoms with van der Waals surface area (Å²) in [4.78, 5) is 0.162. The van der Waals surface area contributed by atoms with E-state index in [1.54, 1.807) is 37.3 Å². The van der Waals surface area contributed by atoms with E-state index in [9.17, 15) is 8.42 Å². The molecule has 0 amide bonds. The molecule has 0 bridgehead atoms. The number of nitrogens with one attached hydrogen (secondary N) is 1. The molecule has 2 aromatic carbocycles. The summed E-state index contributed by atoms with van der Waals surface area (Å²) in [5, 5.41) is 8.95. The van der Waals surface area contributed by atoms with Gasteiger partial charge in [0, 0.05) is 11.4 Å². The number of hydrogen-bond donors (Lipinski definition) is 3. The van der Waals surface area contributed by atoms with Gasteiger partial charge in [0.2, 0.25) is 0 Å². The third-order valence-electron chi connectivity index (χ3n) is 2.94. The SMILES string of the molecule is Cc1cc(S(=O)(=O)Nc2ccc(CO)cc2)ccc1N. The largest absolute Gasteiger partial charge is 0.399 e. The molecule has 106 valence electrons. The van der Waals surface area contributed by atoms with Crippen molar-refractivity contribution in [1.29, 1.82) is 0 Å². The highest BCUT2D eigenvalue weighted by Crippen LogP contribution is 2.20. The van der Waals surface area contributed by atoms with Crippen molar-refractivity contribution in [3.8, 4) is 0 Å². The fourth-order valence-corrected chi connectivity index (χ4v) is 2.85. The van der Waals surface area contributed by atoms with Crippen LogP contribution in [0.3, 0.4) is 0 Å². The number of benzene rings is 2. The van der Waals surface area contributed by atoms with Crippen LogP contribution in [0, 0.1) is 6.92 Å². The summed E-state index contributed by atoms with van der Waals surface area (Å²) in [7, 11) is -3.64. The van der Waals surface area contributed by atoms with E-state index in [-0.39, 0.29) is 11.5 Å². The fraction of sp³-hybridized carbons (Fsp3) is 0.143. The summed E-state index contributed by atoms with van der Waals surface area (Å²) < 4.78 is 26.9. The van der Waals surface area contributed by atoms with Gasteiger partial charge in [-0.25, -0.2) is 8.42 Å². The minimum Gasteiger partial charge on any atom is -0.399 e. The molecule has 2 rings (SSSR count). The van der Waals surface area contributed by atoms with Crippen LogP contribution in [0.25, 0.3) is 0 Å². The van der Waals surface area contributed by atoms with Crippen molar-refractivity contribution < 1.29 is 13.5 Å². The summed E-state index contributed by atoms with van der Waals surface area (Å²) in [6.07, 6.45) is 0. The van der Waals surface area contributed by atoms with Gasteiger partial charge >= 0.3 is 0 Å². The lowest BCUT2D eigenvalue weighted by atomic mass is 10.2. The normalized spacial score (nSPS) is 11.3. The zero-order valence-corrected chi connectivity index (χ0v) is 11.8. The van der Waals surface area contributed by atoms with Gasteiger partial charge in [0.1, 0.15) is 0 Å². The van der Waals surface area contributed by atoms with Gasteiger partial charge in [-0.15, -0.1) is 0 Å². The van der Waals surface area contributed by atoms with Crippen molar-refractivity contribution in [3.05, 3.63) is 53.6 Å². The average molecular weight is 292 g/mol. The van der Waals surface area contributed by atoms with E-state index in [2.05, 4.69) is 4.72 Å². The van der Waals surface area contributed by atoms with E-state index in [1.807, 2.05) is 0 Å². The topological polar surface area (TPSA) is 92.4 Å². The third-order valence-corrected chi connectivity index (χ3v) is 4.32. The average Bonchev–Trinajstić information content (AvgIpc) is 2.42. The number of aliphatic hydroxyl groups excluding tert-OH is 1.